The van der Waals surface area contributed by atoms with Gasteiger partial charge >= 0.3 is 5.97 Å². The molecule has 0 aliphatic carbocycles. The zero-order valence-electron chi connectivity index (χ0n) is 24.3. The second-order valence-electron chi connectivity index (χ2n) is 8.60. The maximum atomic E-state index is 15.3. The molecule has 216 valence electrons. The Hall–Kier alpha value is -4.06. The first-order chi connectivity index (χ1) is 19.1. The van der Waals surface area contributed by atoms with E-state index in [1.165, 1.54) is 43.1 Å². The number of methoxy groups -OCH3 is 2. The molecule has 0 aliphatic heterocycles. The number of benzene rings is 1. The standard InChI is InChI=1S/C28H38FN7O3S/c1-9-17(2)26(20(14-30)15-31-5)27(39-7)28(33-24-12-18(3)34-35-24)32-19(4)36(16-25(37)38-6)23-11-10-21(40-8)13-22(23)29/h10-15H,9,16,30H2,1-8H3,(H2,33,34,35)/b20-14+,26-17+,28-27-,31-15?,32-19+. The summed E-state index contributed by atoms with van der Waals surface area (Å²) in [6, 6.07) is 6.59. The average molecular weight is 572 g/mol. The summed E-state index contributed by atoms with van der Waals surface area (Å²) in [7, 11) is 4.44. The van der Waals surface area contributed by atoms with Gasteiger partial charge in [0.2, 0.25) is 0 Å². The minimum absolute atomic E-state index is 0.166. The predicted molar refractivity (Wildman–Crippen MR) is 161 cm³/mol. The van der Waals surface area contributed by atoms with Gasteiger partial charge in [-0.25, -0.2) is 9.38 Å². The summed E-state index contributed by atoms with van der Waals surface area (Å²) in [5.74, 6) is 0.312. The summed E-state index contributed by atoms with van der Waals surface area (Å²) < 4.78 is 26.1. The number of anilines is 2. The number of nitrogens with two attached hydrogens (primary N) is 1. The number of thioether (sulfide) groups is 1. The maximum absolute atomic E-state index is 15.3. The Kier molecular flexibility index (Phi) is 12.5. The van der Waals surface area contributed by atoms with E-state index in [-0.39, 0.29) is 18.1 Å². The Morgan fingerprint density at radius 3 is 2.50 bits per heavy atom. The molecular weight excluding hydrogens is 533 g/mol. The first-order valence-corrected chi connectivity index (χ1v) is 13.7. The summed E-state index contributed by atoms with van der Waals surface area (Å²) in [4.78, 5) is 23.5. The Balaban J connectivity index is 2.87. The van der Waals surface area contributed by atoms with Crippen LogP contribution < -0.4 is 16.0 Å². The number of rotatable bonds is 12. The largest absolute Gasteiger partial charge is 0.492 e. The van der Waals surface area contributed by atoms with Gasteiger partial charge in [-0.15, -0.1) is 11.8 Å². The van der Waals surface area contributed by atoms with E-state index in [0.29, 0.717) is 35.0 Å². The maximum Gasteiger partial charge on any atom is 0.325 e. The summed E-state index contributed by atoms with van der Waals surface area (Å²) in [6.45, 7) is 7.23. The monoisotopic (exact) mass is 571 g/mol. The third kappa shape index (κ3) is 8.22. The number of amidine groups is 1. The molecule has 40 heavy (non-hydrogen) atoms. The van der Waals surface area contributed by atoms with Crippen molar-refractivity contribution in [3.63, 3.8) is 0 Å². The number of hydrogen-bond acceptors (Lipinski definition) is 9. The Morgan fingerprint density at radius 1 is 1.27 bits per heavy atom. The van der Waals surface area contributed by atoms with Crippen molar-refractivity contribution >= 4 is 41.3 Å². The number of aromatic amines is 1. The number of ether oxygens (including phenoxy) is 2. The molecule has 4 N–H and O–H groups in total. The van der Waals surface area contributed by atoms with Gasteiger partial charge in [-0.1, -0.05) is 12.5 Å². The molecule has 0 amide bonds. The van der Waals surface area contributed by atoms with E-state index in [4.69, 9.17) is 20.2 Å². The van der Waals surface area contributed by atoms with E-state index in [9.17, 15) is 4.79 Å². The van der Waals surface area contributed by atoms with Crippen molar-refractivity contribution in [2.24, 2.45) is 15.7 Å². The quantitative estimate of drug-likeness (QED) is 0.0794. The number of H-pyrrole nitrogens is 1. The number of aryl methyl sites for hydroxylation is 1. The minimum atomic E-state index is -0.564. The van der Waals surface area contributed by atoms with Gasteiger partial charge in [-0.05, 0) is 51.6 Å². The fourth-order valence-corrected chi connectivity index (χ4v) is 4.18. The van der Waals surface area contributed by atoms with Gasteiger partial charge < -0.3 is 25.4 Å². The summed E-state index contributed by atoms with van der Waals surface area (Å²) in [5.41, 5.74) is 9.25. The van der Waals surface area contributed by atoms with E-state index in [1.54, 1.807) is 38.4 Å². The van der Waals surface area contributed by atoms with Crippen LogP contribution in [0.2, 0.25) is 0 Å². The lowest BCUT2D eigenvalue weighted by Crippen LogP contribution is -2.35. The SMILES string of the molecule is CC/C(C)=C(C(\C=NC)=C\N)/C(OC)=C(\N=C(/C)N(CC(=O)OC)c1ccc(SC)cc1F)Nc1cc(C)[nH]n1. The molecule has 0 saturated heterocycles. The molecule has 2 rings (SSSR count). The first-order valence-electron chi connectivity index (χ1n) is 12.5. The second-order valence-corrected chi connectivity index (χ2v) is 9.48. The molecule has 0 atom stereocenters. The van der Waals surface area contributed by atoms with Crippen molar-refractivity contribution in [2.75, 3.05) is 44.3 Å². The third-order valence-corrected chi connectivity index (χ3v) is 6.64. The van der Waals surface area contributed by atoms with Crippen LogP contribution in [0, 0.1) is 12.7 Å². The topological polar surface area (TPSA) is 130 Å². The molecule has 1 aromatic carbocycles. The van der Waals surface area contributed by atoms with Crippen LogP contribution in [0.3, 0.4) is 0 Å². The molecule has 0 aliphatic rings. The van der Waals surface area contributed by atoms with Gasteiger partial charge in [-0.2, -0.15) is 5.10 Å². The normalized spacial score (nSPS) is 13.6. The zero-order valence-corrected chi connectivity index (χ0v) is 25.1. The fraction of sp³-hybridized carbons (Fsp3) is 0.357. The lowest BCUT2D eigenvalue weighted by Gasteiger charge is -2.25. The van der Waals surface area contributed by atoms with E-state index in [2.05, 4.69) is 20.5 Å². The van der Waals surface area contributed by atoms with Crippen molar-refractivity contribution in [1.29, 1.82) is 0 Å². The Labute approximate surface area is 239 Å². The van der Waals surface area contributed by atoms with Gasteiger partial charge in [0.1, 0.15) is 18.2 Å². The van der Waals surface area contributed by atoms with E-state index >= 15 is 4.39 Å². The smallest absolute Gasteiger partial charge is 0.325 e. The summed E-state index contributed by atoms with van der Waals surface area (Å²) in [5, 5.41) is 10.4. The van der Waals surface area contributed by atoms with Crippen LogP contribution in [-0.2, 0) is 14.3 Å². The number of esters is 1. The molecule has 1 aromatic heterocycles. The molecule has 2 aromatic rings. The molecule has 1 heterocycles. The number of carbonyl (C=O) groups excluding carboxylic acids is 1. The number of hydrogen-bond donors (Lipinski definition) is 3. The Bertz CT molecular complexity index is 1350. The van der Waals surface area contributed by atoms with Gasteiger partial charge in [0.25, 0.3) is 0 Å². The number of aliphatic imine (C=N–C) groups is 2. The molecule has 12 heteroatoms. The van der Waals surface area contributed by atoms with Crippen molar-refractivity contribution < 1.29 is 18.7 Å². The van der Waals surface area contributed by atoms with Crippen molar-refractivity contribution in [1.82, 2.24) is 10.2 Å². The molecule has 0 bridgehead atoms. The highest BCUT2D eigenvalue weighted by molar-refractivity contribution is 7.98. The highest BCUT2D eigenvalue weighted by Crippen LogP contribution is 2.30. The van der Waals surface area contributed by atoms with E-state index in [0.717, 1.165) is 16.2 Å². The van der Waals surface area contributed by atoms with Crippen molar-refractivity contribution in [2.45, 2.75) is 39.0 Å². The van der Waals surface area contributed by atoms with Gasteiger partial charge in [-0.3, -0.25) is 14.9 Å². The van der Waals surface area contributed by atoms with Crippen LogP contribution in [0.4, 0.5) is 15.9 Å². The van der Waals surface area contributed by atoms with Crippen LogP contribution in [0.1, 0.15) is 32.9 Å². The summed E-state index contributed by atoms with van der Waals surface area (Å²) >= 11 is 1.41. The van der Waals surface area contributed by atoms with E-state index < -0.39 is 11.8 Å². The van der Waals surface area contributed by atoms with Gasteiger partial charge in [0.05, 0.1) is 19.9 Å². The number of halogens is 1. The number of allylic oxidation sites excluding steroid dienone is 2. The predicted octanol–water partition coefficient (Wildman–Crippen LogP) is 5.17. The van der Waals surface area contributed by atoms with Crippen LogP contribution in [0.15, 0.2) is 73.6 Å². The highest BCUT2D eigenvalue weighted by Gasteiger charge is 2.23. The zero-order chi connectivity index (χ0) is 29.8. The number of carbonyl (C=O) groups is 1. The van der Waals surface area contributed by atoms with Crippen LogP contribution in [-0.4, -0.2) is 62.3 Å². The van der Waals surface area contributed by atoms with Crippen LogP contribution in [0.25, 0.3) is 0 Å². The third-order valence-electron chi connectivity index (χ3n) is 5.92. The molecule has 0 saturated carbocycles. The average Bonchev–Trinajstić information content (AvgIpc) is 3.36. The molecular formula is C28H38FN7O3S. The van der Waals surface area contributed by atoms with Crippen molar-refractivity contribution in [3.8, 4) is 0 Å². The van der Waals surface area contributed by atoms with Crippen molar-refractivity contribution in [3.05, 3.63) is 70.3 Å². The second kappa shape index (κ2) is 15.5. The molecule has 0 fully saturated rings. The van der Waals surface area contributed by atoms with E-state index in [1.807, 2.05) is 27.0 Å². The van der Waals surface area contributed by atoms with Crippen LogP contribution in [0.5, 0.6) is 0 Å². The minimum Gasteiger partial charge on any atom is -0.492 e. The lowest BCUT2D eigenvalue weighted by atomic mass is 9.98. The first kappa shape index (κ1) is 32.2. The van der Waals surface area contributed by atoms with Crippen LogP contribution >= 0.6 is 11.8 Å². The molecule has 0 radical (unpaired) electrons. The highest BCUT2D eigenvalue weighted by atomic mass is 32.2. The van der Waals surface area contributed by atoms with Gasteiger partial charge in [0.15, 0.2) is 17.4 Å². The molecule has 0 unspecified atom stereocenters. The number of aromatic nitrogens is 2. The lowest BCUT2D eigenvalue weighted by molar-refractivity contribution is -0.138. The number of nitrogens with one attached hydrogen (secondary N) is 2. The molecule has 10 nitrogen and oxygen atoms in total. The molecule has 0 spiro atoms. The Morgan fingerprint density at radius 2 is 2.00 bits per heavy atom. The van der Waals surface area contributed by atoms with Gasteiger partial charge in [0, 0.05) is 47.3 Å². The summed E-state index contributed by atoms with van der Waals surface area (Å²) in [6.07, 6.45) is 5.62. The fourth-order valence-electron chi connectivity index (χ4n) is 3.76. The number of nitrogens with zero attached hydrogens (tertiary/aromatic N) is 4.